The molecule has 2 aromatic carbocycles. The smallest absolute Gasteiger partial charge is 0.311 e. The highest BCUT2D eigenvalue weighted by Crippen LogP contribution is 2.38. The third-order valence-corrected chi connectivity index (χ3v) is 4.05. The third kappa shape index (κ3) is 4.01. The Morgan fingerprint density at radius 3 is 2.57 bits per heavy atom. The van der Waals surface area contributed by atoms with E-state index in [-0.39, 0.29) is 23.7 Å². The summed E-state index contributed by atoms with van der Waals surface area (Å²) in [4.78, 5) is 24.6. The van der Waals surface area contributed by atoms with Crippen molar-refractivity contribution in [1.82, 2.24) is 0 Å². The van der Waals surface area contributed by atoms with E-state index in [1.807, 2.05) is 13.8 Å². The topological polar surface area (TPSA) is 71.1 Å². The largest absolute Gasteiger partial charge is 0.494 e. The molecule has 146 valence electrons. The van der Waals surface area contributed by atoms with E-state index in [4.69, 9.17) is 18.9 Å². The zero-order valence-corrected chi connectivity index (χ0v) is 16.1. The average molecular weight is 382 g/mol. The standard InChI is InChI=1S/C22H22O6/c1-4-20(23)28-22-14(8-7-9-17(22)26-6-3)12-19-21(24)16-11-10-15(25-5-2)13-18(16)27-19/h7-13H,4-6H2,1-3H3/b19-12-. The number of ketones is 1. The Hall–Kier alpha value is -3.28. The minimum absolute atomic E-state index is 0.145. The number of carbonyl (C=O) groups excluding carboxylic acids is 2. The van der Waals surface area contributed by atoms with E-state index in [2.05, 4.69) is 0 Å². The fourth-order valence-corrected chi connectivity index (χ4v) is 2.78. The van der Waals surface area contributed by atoms with Crippen molar-refractivity contribution >= 4 is 17.8 Å². The van der Waals surface area contributed by atoms with Crippen LogP contribution in [0.4, 0.5) is 0 Å². The van der Waals surface area contributed by atoms with Gasteiger partial charge in [-0.15, -0.1) is 0 Å². The van der Waals surface area contributed by atoms with Crippen molar-refractivity contribution in [3.63, 3.8) is 0 Å². The number of esters is 1. The van der Waals surface area contributed by atoms with E-state index >= 15 is 0 Å². The van der Waals surface area contributed by atoms with Gasteiger partial charge in [0.25, 0.3) is 0 Å². The van der Waals surface area contributed by atoms with Crippen molar-refractivity contribution in [2.24, 2.45) is 0 Å². The quantitative estimate of drug-likeness (QED) is 0.401. The number of rotatable bonds is 7. The lowest BCUT2D eigenvalue weighted by Crippen LogP contribution is -2.09. The van der Waals surface area contributed by atoms with Gasteiger partial charge in [0.2, 0.25) is 5.78 Å². The first-order valence-electron chi connectivity index (χ1n) is 9.24. The molecule has 1 heterocycles. The molecule has 0 spiro atoms. The van der Waals surface area contributed by atoms with Gasteiger partial charge in [0.1, 0.15) is 11.5 Å². The summed E-state index contributed by atoms with van der Waals surface area (Å²) in [7, 11) is 0. The van der Waals surface area contributed by atoms with Gasteiger partial charge in [-0.05, 0) is 38.1 Å². The normalized spacial score (nSPS) is 13.8. The number of allylic oxidation sites excluding steroid dienone is 1. The number of para-hydroxylation sites is 1. The van der Waals surface area contributed by atoms with Gasteiger partial charge >= 0.3 is 5.97 Å². The number of Topliss-reactive ketones (excluding diaryl/α,β-unsaturated/α-hetero) is 1. The molecular weight excluding hydrogens is 360 g/mol. The summed E-state index contributed by atoms with van der Waals surface area (Å²) in [6.45, 7) is 6.37. The first-order valence-corrected chi connectivity index (χ1v) is 9.24. The number of carbonyl (C=O) groups is 2. The maximum absolute atomic E-state index is 12.7. The molecule has 3 rings (SSSR count). The molecule has 1 aliphatic heterocycles. The zero-order valence-electron chi connectivity index (χ0n) is 16.1. The molecule has 1 aliphatic rings. The van der Waals surface area contributed by atoms with Gasteiger partial charge in [0, 0.05) is 18.1 Å². The van der Waals surface area contributed by atoms with Crippen molar-refractivity contribution in [2.75, 3.05) is 13.2 Å². The Bertz CT molecular complexity index is 929. The van der Waals surface area contributed by atoms with E-state index in [9.17, 15) is 9.59 Å². The Morgan fingerprint density at radius 1 is 1.07 bits per heavy atom. The van der Waals surface area contributed by atoms with Crippen LogP contribution in [-0.2, 0) is 4.79 Å². The van der Waals surface area contributed by atoms with Crippen LogP contribution in [0.25, 0.3) is 6.08 Å². The van der Waals surface area contributed by atoms with Crippen molar-refractivity contribution < 1.29 is 28.5 Å². The highest BCUT2D eigenvalue weighted by Gasteiger charge is 2.28. The predicted molar refractivity (Wildman–Crippen MR) is 104 cm³/mol. The third-order valence-electron chi connectivity index (χ3n) is 4.05. The second kappa shape index (κ2) is 8.61. The molecule has 0 N–H and O–H groups in total. The van der Waals surface area contributed by atoms with Crippen molar-refractivity contribution in [3.05, 3.63) is 53.3 Å². The lowest BCUT2D eigenvalue weighted by atomic mass is 10.1. The molecule has 0 aliphatic carbocycles. The van der Waals surface area contributed by atoms with Gasteiger partial charge in [-0.25, -0.2) is 0 Å². The highest BCUT2D eigenvalue weighted by atomic mass is 16.6. The highest BCUT2D eigenvalue weighted by molar-refractivity contribution is 6.14. The summed E-state index contributed by atoms with van der Waals surface area (Å²) >= 11 is 0. The minimum Gasteiger partial charge on any atom is -0.494 e. The molecule has 0 fully saturated rings. The van der Waals surface area contributed by atoms with E-state index in [1.54, 1.807) is 49.4 Å². The molecule has 0 saturated carbocycles. The van der Waals surface area contributed by atoms with Gasteiger partial charge in [-0.1, -0.05) is 19.1 Å². The lowest BCUT2D eigenvalue weighted by molar-refractivity contribution is -0.134. The minimum atomic E-state index is -0.393. The molecule has 6 nitrogen and oxygen atoms in total. The number of hydrogen-bond donors (Lipinski definition) is 0. The van der Waals surface area contributed by atoms with Crippen molar-refractivity contribution in [1.29, 1.82) is 0 Å². The van der Waals surface area contributed by atoms with Crippen LogP contribution in [0.5, 0.6) is 23.0 Å². The number of hydrogen-bond acceptors (Lipinski definition) is 6. The van der Waals surface area contributed by atoms with Crippen LogP contribution in [0.3, 0.4) is 0 Å². The van der Waals surface area contributed by atoms with Crippen LogP contribution in [0.1, 0.15) is 43.1 Å². The summed E-state index contributed by atoms with van der Waals surface area (Å²) in [6, 6.07) is 10.3. The Kier molecular flexibility index (Phi) is 5.99. The summed E-state index contributed by atoms with van der Waals surface area (Å²) in [5.74, 6) is 1.28. The second-order valence-electron chi connectivity index (χ2n) is 5.97. The number of ether oxygens (including phenoxy) is 4. The van der Waals surface area contributed by atoms with E-state index < -0.39 is 5.97 Å². The van der Waals surface area contributed by atoms with E-state index in [0.29, 0.717) is 41.6 Å². The molecule has 0 aromatic heterocycles. The molecule has 6 heteroatoms. The summed E-state index contributed by atoms with van der Waals surface area (Å²) in [5, 5.41) is 0. The van der Waals surface area contributed by atoms with E-state index in [0.717, 1.165) is 0 Å². The van der Waals surface area contributed by atoms with Gasteiger partial charge in [-0.3, -0.25) is 9.59 Å². The molecule has 0 atom stereocenters. The molecular formula is C22H22O6. The monoisotopic (exact) mass is 382 g/mol. The summed E-state index contributed by atoms with van der Waals surface area (Å²) in [5.41, 5.74) is 0.983. The maximum atomic E-state index is 12.7. The Balaban J connectivity index is 1.98. The van der Waals surface area contributed by atoms with Crippen LogP contribution < -0.4 is 18.9 Å². The Morgan fingerprint density at radius 2 is 1.86 bits per heavy atom. The molecule has 0 unspecified atom stereocenters. The summed E-state index contributed by atoms with van der Waals surface area (Å²) < 4.78 is 22.2. The van der Waals surface area contributed by atoms with Gasteiger partial charge < -0.3 is 18.9 Å². The van der Waals surface area contributed by atoms with Crippen LogP contribution >= 0.6 is 0 Å². The molecule has 0 saturated heterocycles. The van der Waals surface area contributed by atoms with Crippen molar-refractivity contribution in [2.45, 2.75) is 27.2 Å². The Labute approximate surface area is 163 Å². The zero-order chi connectivity index (χ0) is 20.1. The number of fused-ring (bicyclic) bond motifs is 1. The molecule has 0 amide bonds. The first kappa shape index (κ1) is 19.5. The van der Waals surface area contributed by atoms with Crippen molar-refractivity contribution in [3.8, 4) is 23.0 Å². The molecule has 0 bridgehead atoms. The van der Waals surface area contributed by atoms with Gasteiger partial charge in [0.15, 0.2) is 17.3 Å². The van der Waals surface area contributed by atoms with E-state index in [1.165, 1.54) is 0 Å². The lowest BCUT2D eigenvalue weighted by Gasteiger charge is -2.13. The molecule has 28 heavy (non-hydrogen) atoms. The van der Waals surface area contributed by atoms with Gasteiger partial charge in [-0.2, -0.15) is 0 Å². The van der Waals surface area contributed by atoms with Crippen LogP contribution in [0.15, 0.2) is 42.2 Å². The van der Waals surface area contributed by atoms with Crippen LogP contribution in [-0.4, -0.2) is 25.0 Å². The average Bonchev–Trinajstić information content (AvgIpc) is 2.99. The SMILES string of the molecule is CCOc1ccc2c(c1)O/C(=C\c1cccc(OCC)c1OC(=O)CC)C2=O. The molecule has 2 aromatic rings. The second-order valence-corrected chi connectivity index (χ2v) is 5.97. The fraction of sp³-hybridized carbons (Fsp3) is 0.273. The fourth-order valence-electron chi connectivity index (χ4n) is 2.78. The maximum Gasteiger partial charge on any atom is 0.311 e. The number of benzene rings is 2. The predicted octanol–water partition coefficient (Wildman–Crippen LogP) is 4.42. The van der Waals surface area contributed by atoms with Gasteiger partial charge in [0.05, 0.1) is 18.8 Å². The van der Waals surface area contributed by atoms with Crippen LogP contribution in [0, 0.1) is 0 Å². The summed E-state index contributed by atoms with van der Waals surface area (Å²) in [6.07, 6.45) is 1.78. The molecule has 0 radical (unpaired) electrons. The first-order chi connectivity index (χ1) is 13.6. The van der Waals surface area contributed by atoms with Crippen LogP contribution in [0.2, 0.25) is 0 Å².